The molecule has 74 valence electrons. The van der Waals surface area contributed by atoms with E-state index in [2.05, 4.69) is 5.32 Å². The number of benzene rings is 1. The van der Waals surface area contributed by atoms with Gasteiger partial charge in [-0.3, -0.25) is 0 Å². The molecule has 0 bridgehead atoms. The second-order valence-electron chi connectivity index (χ2n) is 2.83. The SMILES string of the molecule is O=C=C1Nc2ccccc2S1(=C=O)=C=O. The van der Waals surface area contributed by atoms with Crippen LogP contribution in [0.15, 0.2) is 34.2 Å². The number of anilines is 1. The first kappa shape index (κ1) is 9.53. The van der Waals surface area contributed by atoms with Crippen LogP contribution in [0.2, 0.25) is 0 Å². The Kier molecular flexibility index (Phi) is 2.09. The summed E-state index contributed by atoms with van der Waals surface area (Å²) in [6.07, 6.45) is 0. The summed E-state index contributed by atoms with van der Waals surface area (Å²) in [5.41, 5.74) is 0.567. The maximum atomic E-state index is 10.9. The van der Waals surface area contributed by atoms with E-state index in [9.17, 15) is 14.4 Å². The Morgan fingerprint density at radius 3 is 2.33 bits per heavy atom. The molecular weight excluding hydrogens is 214 g/mol. The molecule has 0 amide bonds. The zero-order valence-corrected chi connectivity index (χ0v) is 8.26. The molecule has 0 fully saturated rings. The third-order valence-electron chi connectivity index (χ3n) is 2.11. The number of hydrogen-bond acceptors (Lipinski definition) is 4. The molecule has 0 unspecified atom stereocenters. The Bertz CT molecular complexity index is 631. The van der Waals surface area contributed by atoms with E-state index in [1.165, 1.54) is 0 Å². The maximum Gasteiger partial charge on any atom is 0.171 e. The molecule has 0 aliphatic carbocycles. The molecule has 1 aromatic carbocycles. The second-order valence-corrected chi connectivity index (χ2v) is 5.24. The predicted octanol–water partition coefficient (Wildman–Crippen LogP) is 1.08. The topological polar surface area (TPSA) is 63.2 Å². The number of fused-ring (bicyclic) bond motifs is 1. The Morgan fingerprint density at radius 2 is 1.73 bits per heavy atom. The van der Waals surface area contributed by atoms with Gasteiger partial charge in [0.15, 0.2) is 21.4 Å². The number of para-hydroxylation sites is 1. The summed E-state index contributed by atoms with van der Waals surface area (Å²) in [5, 5.41) is 5.87. The molecule has 1 N–H and O–H groups in total. The van der Waals surface area contributed by atoms with Crippen molar-refractivity contribution in [2.75, 3.05) is 5.32 Å². The van der Waals surface area contributed by atoms with Crippen molar-refractivity contribution >= 4 is 31.3 Å². The number of hydrogen-bond donors (Lipinski definition) is 1. The first-order valence-corrected chi connectivity index (χ1v) is 5.64. The molecule has 0 atom stereocenters. The van der Waals surface area contributed by atoms with Gasteiger partial charge in [0.05, 0.1) is 5.69 Å². The highest BCUT2D eigenvalue weighted by molar-refractivity contribution is 8.32. The molecule has 0 aromatic heterocycles. The molecule has 2 rings (SSSR count). The standard InChI is InChI=1S/C10H5NO3S/c12-5-10-11-8-3-1-2-4-9(8)15(10,6-13)7-14/h1-4,11H. The lowest BCUT2D eigenvalue weighted by Gasteiger charge is -1.97. The summed E-state index contributed by atoms with van der Waals surface area (Å²) in [6, 6.07) is 6.71. The van der Waals surface area contributed by atoms with E-state index in [4.69, 9.17) is 0 Å². The Morgan fingerprint density at radius 1 is 1.07 bits per heavy atom. The van der Waals surface area contributed by atoms with Crippen molar-refractivity contribution in [1.29, 1.82) is 0 Å². The quantitative estimate of drug-likeness (QED) is 0.524. The van der Waals surface area contributed by atoms with Gasteiger partial charge in [-0.2, -0.15) is 0 Å². The summed E-state index contributed by atoms with van der Waals surface area (Å²) in [5.74, 6) is 1.57. The van der Waals surface area contributed by atoms with Gasteiger partial charge >= 0.3 is 0 Å². The lowest BCUT2D eigenvalue weighted by Crippen LogP contribution is -1.91. The average molecular weight is 219 g/mol. The lowest BCUT2D eigenvalue weighted by atomic mass is 10.3. The zero-order valence-electron chi connectivity index (χ0n) is 7.44. The minimum atomic E-state index is -2.72. The highest BCUT2D eigenvalue weighted by Crippen LogP contribution is 2.50. The van der Waals surface area contributed by atoms with Crippen molar-refractivity contribution in [3.05, 3.63) is 29.3 Å². The van der Waals surface area contributed by atoms with Crippen LogP contribution in [0.3, 0.4) is 0 Å². The fraction of sp³-hybridized carbons (Fsp3) is 0. The molecular formula is C10H5NO3S. The fourth-order valence-electron chi connectivity index (χ4n) is 1.42. The van der Waals surface area contributed by atoms with Gasteiger partial charge < -0.3 is 5.32 Å². The maximum absolute atomic E-state index is 10.9. The molecule has 1 aliphatic rings. The van der Waals surface area contributed by atoms with Gasteiger partial charge in [-0.1, -0.05) is 12.1 Å². The number of carbonyl (C=O) groups excluding carboxylic acids is 3. The molecule has 1 aliphatic heterocycles. The van der Waals surface area contributed by atoms with E-state index in [0.717, 1.165) is 0 Å². The Labute approximate surface area is 85.7 Å². The third kappa shape index (κ3) is 1.10. The zero-order chi connectivity index (χ0) is 10.9. The molecule has 0 radical (unpaired) electrons. The highest BCUT2D eigenvalue weighted by atomic mass is 32.2. The number of nitrogens with one attached hydrogen (secondary N) is 1. The van der Waals surface area contributed by atoms with Gasteiger partial charge in [-0.25, -0.2) is 14.4 Å². The van der Waals surface area contributed by atoms with E-state index in [-0.39, 0.29) is 5.03 Å². The summed E-state index contributed by atoms with van der Waals surface area (Å²) < 4.78 is 0. The Hall–Kier alpha value is -2.02. The van der Waals surface area contributed by atoms with Crippen LogP contribution >= 0.6 is 9.21 Å². The third-order valence-corrected chi connectivity index (χ3v) is 4.43. The van der Waals surface area contributed by atoms with Gasteiger partial charge in [0.25, 0.3) is 0 Å². The van der Waals surface area contributed by atoms with Crippen LogP contribution in [0, 0.1) is 0 Å². The van der Waals surface area contributed by atoms with Crippen molar-refractivity contribution in [2.24, 2.45) is 0 Å². The van der Waals surface area contributed by atoms with Crippen molar-refractivity contribution in [1.82, 2.24) is 0 Å². The van der Waals surface area contributed by atoms with Crippen LogP contribution < -0.4 is 5.32 Å². The summed E-state index contributed by atoms with van der Waals surface area (Å²) in [7, 11) is -2.72. The molecule has 0 saturated heterocycles. The summed E-state index contributed by atoms with van der Waals surface area (Å²) >= 11 is 0. The van der Waals surface area contributed by atoms with Crippen LogP contribution in [0.4, 0.5) is 5.69 Å². The molecule has 5 heteroatoms. The predicted molar refractivity (Wildman–Crippen MR) is 56.5 cm³/mol. The first-order chi connectivity index (χ1) is 7.28. The summed E-state index contributed by atoms with van der Waals surface area (Å²) in [4.78, 5) is 32.9. The fourth-order valence-corrected chi connectivity index (χ4v) is 3.14. The van der Waals surface area contributed by atoms with Gasteiger partial charge in [-0.15, -0.1) is 0 Å². The van der Waals surface area contributed by atoms with E-state index < -0.39 is 9.21 Å². The number of rotatable bonds is 0. The van der Waals surface area contributed by atoms with Gasteiger partial charge in [-0.05, 0) is 12.1 Å². The van der Waals surface area contributed by atoms with Crippen LogP contribution in [0.5, 0.6) is 0 Å². The van der Waals surface area contributed by atoms with E-state index in [0.29, 0.717) is 10.6 Å². The average Bonchev–Trinajstić information content (AvgIpc) is 2.63. The minimum absolute atomic E-state index is 0.0753. The van der Waals surface area contributed by atoms with Gasteiger partial charge in [0, 0.05) is 14.1 Å². The van der Waals surface area contributed by atoms with Crippen LogP contribution in [0.1, 0.15) is 0 Å². The van der Waals surface area contributed by atoms with Crippen LogP contribution in [-0.2, 0) is 14.4 Å². The molecule has 15 heavy (non-hydrogen) atoms. The van der Waals surface area contributed by atoms with Crippen molar-refractivity contribution in [2.45, 2.75) is 4.90 Å². The van der Waals surface area contributed by atoms with Crippen molar-refractivity contribution in [3.8, 4) is 0 Å². The van der Waals surface area contributed by atoms with E-state index >= 15 is 0 Å². The molecule has 1 aromatic rings. The normalized spacial score (nSPS) is 15.6. The first-order valence-electron chi connectivity index (χ1n) is 4.01. The van der Waals surface area contributed by atoms with Gasteiger partial charge in [0.2, 0.25) is 0 Å². The van der Waals surface area contributed by atoms with Crippen LogP contribution in [-0.4, -0.2) is 16.4 Å². The second kappa shape index (κ2) is 3.28. The summed E-state index contributed by atoms with van der Waals surface area (Å²) in [6.45, 7) is 0. The van der Waals surface area contributed by atoms with Crippen molar-refractivity contribution in [3.63, 3.8) is 0 Å². The lowest BCUT2D eigenvalue weighted by molar-refractivity contribution is 0.567. The van der Waals surface area contributed by atoms with Gasteiger partial charge in [0.1, 0.15) is 0 Å². The molecule has 1 heterocycles. The monoisotopic (exact) mass is 219 g/mol. The highest BCUT2D eigenvalue weighted by Gasteiger charge is 2.28. The Balaban J connectivity index is 3.05. The minimum Gasteiger partial charge on any atom is -0.339 e. The van der Waals surface area contributed by atoms with E-state index in [1.54, 1.807) is 40.7 Å². The molecule has 0 spiro atoms. The van der Waals surface area contributed by atoms with E-state index in [1.807, 2.05) is 0 Å². The van der Waals surface area contributed by atoms with Crippen LogP contribution in [0.25, 0.3) is 0 Å². The largest absolute Gasteiger partial charge is 0.339 e. The molecule has 4 nitrogen and oxygen atoms in total. The molecule has 0 saturated carbocycles. The smallest absolute Gasteiger partial charge is 0.171 e. The van der Waals surface area contributed by atoms with Crippen molar-refractivity contribution < 1.29 is 14.4 Å².